The summed E-state index contributed by atoms with van der Waals surface area (Å²) in [5.74, 6) is 0.657. The highest BCUT2D eigenvalue weighted by Gasteiger charge is 2.22. The zero-order chi connectivity index (χ0) is 16.4. The molecule has 1 N–H and O–H groups in total. The van der Waals surface area contributed by atoms with Gasteiger partial charge in [0.1, 0.15) is 17.2 Å². The number of aryl methyl sites for hydroxylation is 2. The van der Waals surface area contributed by atoms with Gasteiger partial charge in [0.2, 0.25) is 0 Å². The molecule has 1 aromatic carbocycles. The predicted molar refractivity (Wildman–Crippen MR) is 79.8 cm³/mol. The van der Waals surface area contributed by atoms with E-state index in [0.29, 0.717) is 0 Å². The monoisotopic (exact) mass is 308 g/mol. The van der Waals surface area contributed by atoms with Gasteiger partial charge >= 0.3 is 0 Å². The Hall–Kier alpha value is -2.57. The standard InChI is InChI=1S/C15H17FN2O4/c1-8-5-11(10(3)22-8)9(2)17-13-7-15(21-4)12(16)6-14(13)18(19)20/h5-7,9,17H,1-4H3/t9-/m0/s1. The highest BCUT2D eigenvalue weighted by molar-refractivity contribution is 5.65. The molecule has 0 aliphatic heterocycles. The Morgan fingerprint density at radius 2 is 2.05 bits per heavy atom. The van der Waals surface area contributed by atoms with Crippen LogP contribution in [0.3, 0.4) is 0 Å². The molecule has 0 saturated heterocycles. The highest BCUT2D eigenvalue weighted by atomic mass is 19.1. The number of rotatable bonds is 5. The van der Waals surface area contributed by atoms with Gasteiger partial charge in [-0.2, -0.15) is 0 Å². The zero-order valence-electron chi connectivity index (χ0n) is 12.8. The predicted octanol–water partition coefficient (Wildman–Crippen LogP) is 4.13. The van der Waals surface area contributed by atoms with Crippen molar-refractivity contribution in [2.45, 2.75) is 26.8 Å². The summed E-state index contributed by atoms with van der Waals surface area (Å²) in [6.45, 7) is 5.49. The number of hydrogen-bond donors (Lipinski definition) is 1. The van der Waals surface area contributed by atoms with E-state index in [1.165, 1.54) is 13.2 Å². The van der Waals surface area contributed by atoms with Crippen molar-refractivity contribution in [3.8, 4) is 5.75 Å². The fourth-order valence-electron chi connectivity index (χ4n) is 2.36. The molecule has 6 nitrogen and oxygen atoms in total. The zero-order valence-corrected chi connectivity index (χ0v) is 12.8. The minimum absolute atomic E-state index is 0.0552. The third-order valence-electron chi connectivity index (χ3n) is 3.38. The lowest BCUT2D eigenvalue weighted by molar-refractivity contribution is -0.384. The summed E-state index contributed by atoms with van der Waals surface area (Å²) >= 11 is 0. The van der Waals surface area contributed by atoms with Crippen LogP contribution in [0.1, 0.15) is 30.0 Å². The molecular formula is C15H17FN2O4. The molecule has 0 amide bonds. The molecule has 0 unspecified atom stereocenters. The number of halogens is 1. The number of anilines is 1. The van der Waals surface area contributed by atoms with E-state index in [1.54, 1.807) is 0 Å². The van der Waals surface area contributed by atoms with Crippen molar-refractivity contribution in [1.29, 1.82) is 0 Å². The largest absolute Gasteiger partial charge is 0.494 e. The van der Waals surface area contributed by atoms with Gasteiger partial charge in [-0.15, -0.1) is 0 Å². The molecule has 0 saturated carbocycles. The number of hydrogen-bond acceptors (Lipinski definition) is 5. The van der Waals surface area contributed by atoms with E-state index in [4.69, 9.17) is 9.15 Å². The second-order valence-electron chi connectivity index (χ2n) is 5.00. The molecule has 22 heavy (non-hydrogen) atoms. The van der Waals surface area contributed by atoms with Crippen LogP contribution < -0.4 is 10.1 Å². The smallest absolute Gasteiger partial charge is 0.295 e. The van der Waals surface area contributed by atoms with E-state index < -0.39 is 10.7 Å². The Morgan fingerprint density at radius 1 is 1.36 bits per heavy atom. The topological polar surface area (TPSA) is 77.5 Å². The van der Waals surface area contributed by atoms with E-state index in [9.17, 15) is 14.5 Å². The van der Waals surface area contributed by atoms with Crippen molar-refractivity contribution >= 4 is 11.4 Å². The van der Waals surface area contributed by atoms with Crippen LogP contribution in [-0.4, -0.2) is 12.0 Å². The third-order valence-corrected chi connectivity index (χ3v) is 3.38. The number of nitro groups is 1. The lowest BCUT2D eigenvalue weighted by atomic mass is 10.1. The highest BCUT2D eigenvalue weighted by Crippen LogP contribution is 2.34. The van der Waals surface area contributed by atoms with Crippen LogP contribution in [0.25, 0.3) is 0 Å². The van der Waals surface area contributed by atoms with Crippen LogP contribution in [0, 0.1) is 29.8 Å². The van der Waals surface area contributed by atoms with Gasteiger partial charge in [-0.1, -0.05) is 0 Å². The van der Waals surface area contributed by atoms with Crippen molar-refractivity contribution in [1.82, 2.24) is 0 Å². The number of nitrogens with one attached hydrogen (secondary N) is 1. The minimum Gasteiger partial charge on any atom is -0.494 e. The Bertz CT molecular complexity index is 712. The Labute approximate surface area is 127 Å². The van der Waals surface area contributed by atoms with Crippen molar-refractivity contribution < 1.29 is 18.5 Å². The summed E-state index contributed by atoms with van der Waals surface area (Å²) in [4.78, 5) is 10.5. The maximum atomic E-state index is 13.6. The fraction of sp³-hybridized carbons (Fsp3) is 0.333. The maximum Gasteiger partial charge on any atom is 0.295 e. The summed E-state index contributed by atoms with van der Waals surface area (Å²) in [7, 11) is 1.31. The van der Waals surface area contributed by atoms with Crippen LogP contribution in [0.4, 0.5) is 15.8 Å². The molecule has 2 aromatic rings. The van der Waals surface area contributed by atoms with E-state index in [2.05, 4.69) is 5.32 Å². The maximum absolute atomic E-state index is 13.6. The SMILES string of the molecule is COc1cc(N[C@@H](C)c2cc(C)oc2C)c([N+](=O)[O-])cc1F. The normalized spacial score (nSPS) is 12.0. The Kier molecular flexibility index (Phi) is 4.35. The lowest BCUT2D eigenvalue weighted by Gasteiger charge is -2.15. The molecule has 0 fully saturated rings. The van der Waals surface area contributed by atoms with Crippen molar-refractivity contribution in [2.24, 2.45) is 0 Å². The van der Waals surface area contributed by atoms with Gasteiger partial charge in [0.05, 0.1) is 24.1 Å². The van der Waals surface area contributed by atoms with Crippen LogP contribution in [0.5, 0.6) is 5.75 Å². The van der Waals surface area contributed by atoms with Crippen LogP contribution in [0.15, 0.2) is 22.6 Å². The lowest BCUT2D eigenvalue weighted by Crippen LogP contribution is -2.09. The molecule has 0 aliphatic carbocycles. The van der Waals surface area contributed by atoms with Crippen molar-refractivity contribution in [3.63, 3.8) is 0 Å². The molecule has 0 radical (unpaired) electrons. The summed E-state index contributed by atoms with van der Waals surface area (Å²) in [6, 6.07) is 3.75. The first-order valence-electron chi connectivity index (χ1n) is 6.69. The number of nitrogens with zero attached hydrogens (tertiary/aromatic N) is 1. The van der Waals surface area contributed by atoms with Gasteiger partial charge in [-0.05, 0) is 26.8 Å². The van der Waals surface area contributed by atoms with Crippen LogP contribution in [0.2, 0.25) is 0 Å². The third kappa shape index (κ3) is 3.03. The van der Waals surface area contributed by atoms with E-state index in [1.807, 2.05) is 26.8 Å². The first-order valence-corrected chi connectivity index (χ1v) is 6.69. The van der Waals surface area contributed by atoms with Crippen molar-refractivity contribution in [2.75, 3.05) is 12.4 Å². The van der Waals surface area contributed by atoms with Gasteiger partial charge in [0.15, 0.2) is 11.6 Å². The summed E-state index contributed by atoms with van der Waals surface area (Å²) in [5, 5.41) is 14.1. The molecule has 1 aromatic heterocycles. The molecule has 1 heterocycles. The van der Waals surface area contributed by atoms with Gasteiger partial charge in [-0.3, -0.25) is 10.1 Å². The summed E-state index contributed by atoms with van der Waals surface area (Å²) < 4.78 is 24.0. The quantitative estimate of drug-likeness (QED) is 0.664. The number of ether oxygens (including phenoxy) is 1. The number of furan rings is 1. The Morgan fingerprint density at radius 3 is 2.55 bits per heavy atom. The molecule has 0 bridgehead atoms. The van der Waals surface area contributed by atoms with Crippen molar-refractivity contribution in [3.05, 3.63) is 51.2 Å². The number of benzene rings is 1. The molecule has 0 aliphatic rings. The average Bonchev–Trinajstić information content (AvgIpc) is 2.79. The van der Waals surface area contributed by atoms with Gasteiger partial charge in [-0.25, -0.2) is 4.39 Å². The first-order chi connectivity index (χ1) is 10.3. The molecule has 0 spiro atoms. The molecular weight excluding hydrogens is 291 g/mol. The van der Waals surface area contributed by atoms with Gasteiger partial charge in [0.25, 0.3) is 5.69 Å². The molecule has 118 valence electrons. The summed E-state index contributed by atoms with van der Waals surface area (Å²) in [5.41, 5.74) is 0.729. The van der Waals surface area contributed by atoms with E-state index in [0.717, 1.165) is 23.2 Å². The second-order valence-corrected chi connectivity index (χ2v) is 5.00. The first kappa shape index (κ1) is 15.8. The average molecular weight is 308 g/mol. The van der Waals surface area contributed by atoms with E-state index >= 15 is 0 Å². The van der Waals surface area contributed by atoms with Gasteiger partial charge < -0.3 is 14.5 Å². The number of nitro benzene ring substituents is 1. The number of methoxy groups -OCH3 is 1. The van der Waals surface area contributed by atoms with Gasteiger partial charge in [0, 0.05) is 11.6 Å². The van der Waals surface area contributed by atoms with Crippen LogP contribution >= 0.6 is 0 Å². The minimum atomic E-state index is -0.775. The summed E-state index contributed by atoms with van der Waals surface area (Å²) in [6.07, 6.45) is 0. The second kappa shape index (κ2) is 6.05. The fourth-order valence-corrected chi connectivity index (χ4v) is 2.36. The molecule has 2 rings (SSSR count). The molecule has 7 heteroatoms. The van der Waals surface area contributed by atoms with Crippen LogP contribution in [-0.2, 0) is 0 Å². The molecule has 1 atom stereocenters. The van der Waals surface area contributed by atoms with E-state index in [-0.39, 0.29) is 23.2 Å². The Balaban J connectivity index is 2.39.